The molecule has 0 saturated carbocycles. The molecule has 1 N–H and O–H groups in total. The van der Waals surface area contributed by atoms with E-state index >= 15 is 0 Å². The highest BCUT2D eigenvalue weighted by molar-refractivity contribution is 7.09. The number of nitrogens with one attached hydrogen (secondary N) is 1. The first-order valence-corrected chi connectivity index (χ1v) is 6.40. The molecule has 0 bridgehead atoms. The zero-order chi connectivity index (χ0) is 12.3. The Kier molecular flexibility index (Phi) is 3.73. The Labute approximate surface area is 104 Å². The largest absolute Gasteiger partial charge is 0.361 e. The van der Waals surface area contributed by atoms with Crippen molar-refractivity contribution >= 4 is 16.7 Å². The maximum Gasteiger partial charge on any atom is 0.202 e. The minimum Gasteiger partial charge on any atom is -0.361 e. The van der Waals surface area contributed by atoms with Crippen molar-refractivity contribution in [1.29, 1.82) is 0 Å². The first-order chi connectivity index (χ1) is 8.16. The van der Waals surface area contributed by atoms with Gasteiger partial charge in [-0.05, 0) is 33.6 Å². The molecule has 0 fully saturated rings. The number of aromatic nitrogens is 3. The fourth-order valence-corrected chi connectivity index (χ4v) is 2.29. The number of hydrogen-bond acceptors (Lipinski definition) is 6. The Morgan fingerprint density at radius 3 is 2.71 bits per heavy atom. The number of anilines is 1. The Hall–Kier alpha value is -1.43. The number of aryl methyl sites for hydroxylation is 3. The van der Waals surface area contributed by atoms with Gasteiger partial charge in [0, 0.05) is 23.6 Å². The fraction of sp³-hybridized carbons (Fsp3) is 0.545. The lowest BCUT2D eigenvalue weighted by molar-refractivity contribution is 0.392. The third-order valence-corrected chi connectivity index (χ3v) is 3.35. The van der Waals surface area contributed by atoms with Gasteiger partial charge in [0.2, 0.25) is 5.13 Å². The van der Waals surface area contributed by atoms with Gasteiger partial charge >= 0.3 is 0 Å². The maximum atomic E-state index is 5.12. The zero-order valence-electron chi connectivity index (χ0n) is 10.3. The molecule has 0 aromatic carbocycles. The van der Waals surface area contributed by atoms with Gasteiger partial charge in [-0.3, -0.25) is 0 Å². The van der Waals surface area contributed by atoms with Gasteiger partial charge in [0.25, 0.3) is 0 Å². The van der Waals surface area contributed by atoms with E-state index < -0.39 is 0 Å². The van der Waals surface area contributed by atoms with Crippen LogP contribution in [0, 0.1) is 20.8 Å². The number of rotatable bonds is 5. The molecule has 2 rings (SSSR count). The minimum absolute atomic E-state index is 0.822. The van der Waals surface area contributed by atoms with E-state index in [1.165, 1.54) is 17.1 Å². The van der Waals surface area contributed by atoms with Crippen molar-refractivity contribution in [2.75, 3.05) is 11.9 Å². The monoisotopic (exact) mass is 252 g/mol. The lowest BCUT2D eigenvalue weighted by Gasteiger charge is -2.01. The highest BCUT2D eigenvalue weighted by Crippen LogP contribution is 2.15. The lowest BCUT2D eigenvalue weighted by atomic mass is 10.1. The smallest absolute Gasteiger partial charge is 0.202 e. The topological polar surface area (TPSA) is 63.8 Å². The van der Waals surface area contributed by atoms with Gasteiger partial charge in [-0.15, -0.1) is 0 Å². The van der Waals surface area contributed by atoms with E-state index in [2.05, 4.69) is 19.8 Å². The summed E-state index contributed by atoms with van der Waals surface area (Å²) in [6.07, 6.45) is 2.01. The van der Waals surface area contributed by atoms with Crippen LogP contribution in [0.25, 0.3) is 0 Å². The first kappa shape index (κ1) is 12.0. The summed E-state index contributed by atoms with van der Waals surface area (Å²) in [5.41, 5.74) is 2.22. The van der Waals surface area contributed by atoms with Crippen LogP contribution in [0.5, 0.6) is 0 Å². The summed E-state index contributed by atoms with van der Waals surface area (Å²) in [4.78, 5) is 4.25. The zero-order valence-corrected chi connectivity index (χ0v) is 11.1. The van der Waals surface area contributed by atoms with Gasteiger partial charge in [-0.25, -0.2) is 4.98 Å². The van der Waals surface area contributed by atoms with Crippen molar-refractivity contribution in [2.24, 2.45) is 0 Å². The van der Waals surface area contributed by atoms with Crippen LogP contribution in [0.1, 0.15) is 29.3 Å². The molecule has 92 valence electrons. The molecule has 0 unspecified atom stereocenters. The Morgan fingerprint density at radius 1 is 1.29 bits per heavy atom. The summed E-state index contributed by atoms with van der Waals surface area (Å²) in [6.45, 7) is 6.72. The normalized spacial score (nSPS) is 10.8. The molecule has 0 aliphatic rings. The minimum atomic E-state index is 0.822. The Bertz CT molecular complexity index is 472. The van der Waals surface area contributed by atoms with Crippen molar-refractivity contribution < 1.29 is 4.52 Å². The van der Waals surface area contributed by atoms with Crippen LogP contribution in [0.15, 0.2) is 4.52 Å². The van der Waals surface area contributed by atoms with Crippen LogP contribution < -0.4 is 5.32 Å². The molecule has 6 heteroatoms. The van der Waals surface area contributed by atoms with Crippen LogP contribution in [-0.2, 0) is 6.42 Å². The molecule has 2 heterocycles. The summed E-state index contributed by atoms with van der Waals surface area (Å²) in [7, 11) is 0. The second-order valence-corrected chi connectivity index (χ2v) is 4.73. The SMILES string of the molecule is Cc1nsc(NCCCc2c(C)noc2C)n1. The highest BCUT2D eigenvalue weighted by atomic mass is 32.1. The summed E-state index contributed by atoms with van der Waals surface area (Å²) in [5, 5.41) is 8.09. The molecule has 0 aliphatic heterocycles. The summed E-state index contributed by atoms with van der Waals surface area (Å²) in [6, 6.07) is 0. The van der Waals surface area contributed by atoms with E-state index in [4.69, 9.17) is 4.52 Å². The van der Waals surface area contributed by atoms with Crippen LogP contribution in [0.2, 0.25) is 0 Å². The van der Waals surface area contributed by atoms with E-state index in [9.17, 15) is 0 Å². The van der Waals surface area contributed by atoms with Crippen molar-refractivity contribution in [3.63, 3.8) is 0 Å². The van der Waals surface area contributed by atoms with E-state index in [1.807, 2.05) is 20.8 Å². The van der Waals surface area contributed by atoms with Crippen LogP contribution in [-0.4, -0.2) is 21.1 Å². The quantitative estimate of drug-likeness (QED) is 0.828. The van der Waals surface area contributed by atoms with Gasteiger partial charge in [-0.1, -0.05) is 5.16 Å². The molecule has 0 radical (unpaired) electrons. The number of hydrogen-bond donors (Lipinski definition) is 1. The first-order valence-electron chi connectivity index (χ1n) is 5.62. The van der Waals surface area contributed by atoms with Crippen molar-refractivity contribution in [3.05, 3.63) is 22.8 Å². The Balaban J connectivity index is 1.77. The third-order valence-electron chi connectivity index (χ3n) is 2.59. The number of nitrogens with zero attached hydrogens (tertiary/aromatic N) is 3. The predicted octanol–water partition coefficient (Wildman–Crippen LogP) is 2.50. The molecule has 17 heavy (non-hydrogen) atoms. The second-order valence-electron chi connectivity index (χ2n) is 3.98. The lowest BCUT2D eigenvalue weighted by Crippen LogP contribution is -2.03. The molecular weight excluding hydrogens is 236 g/mol. The fourth-order valence-electron chi connectivity index (χ4n) is 1.69. The summed E-state index contributed by atoms with van der Waals surface area (Å²) in [5.74, 6) is 1.75. The average molecular weight is 252 g/mol. The third kappa shape index (κ3) is 3.03. The van der Waals surface area contributed by atoms with Crippen molar-refractivity contribution in [3.8, 4) is 0 Å². The van der Waals surface area contributed by atoms with Crippen molar-refractivity contribution in [1.82, 2.24) is 14.5 Å². The standard InChI is InChI=1S/C11H16N4OS/c1-7-10(8(2)16-14-7)5-4-6-12-11-13-9(3)15-17-11/h4-6H2,1-3H3,(H,12,13,15). The van der Waals surface area contributed by atoms with Gasteiger partial charge in [0.1, 0.15) is 11.6 Å². The molecule has 0 amide bonds. The van der Waals surface area contributed by atoms with Crippen LogP contribution in [0.4, 0.5) is 5.13 Å². The molecule has 0 spiro atoms. The van der Waals surface area contributed by atoms with Crippen LogP contribution in [0.3, 0.4) is 0 Å². The van der Waals surface area contributed by atoms with E-state index in [0.29, 0.717) is 0 Å². The van der Waals surface area contributed by atoms with Gasteiger partial charge in [0.05, 0.1) is 5.69 Å². The van der Waals surface area contributed by atoms with Gasteiger partial charge in [-0.2, -0.15) is 4.37 Å². The highest BCUT2D eigenvalue weighted by Gasteiger charge is 2.08. The maximum absolute atomic E-state index is 5.12. The van der Waals surface area contributed by atoms with E-state index in [1.54, 1.807) is 0 Å². The molecule has 0 aliphatic carbocycles. The van der Waals surface area contributed by atoms with Crippen LogP contribution >= 0.6 is 11.5 Å². The molecule has 5 nitrogen and oxygen atoms in total. The molecular formula is C11H16N4OS. The van der Waals surface area contributed by atoms with Gasteiger partial charge < -0.3 is 9.84 Å². The van der Waals surface area contributed by atoms with E-state index in [0.717, 1.165) is 41.8 Å². The molecule has 0 atom stereocenters. The molecule has 2 aromatic rings. The van der Waals surface area contributed by atoms with Crippen molar-refractivity contribution in [2.45, 2.75) is 33.6 Å². The van der Waals surface area contributed by atoms with Gasteiger partial charge in [0.15, 0.2) is 0 Å². The average Bonchev–Trinajstić information content (AvgIpc) is 2.83. The molecule has 2 aromatic heterocycles. The predicted molar refractivity (Wildman–Crippen MR) is 67.4 cm³/mol. The Morgan fingerprint density at radius 2 is 2.12 bits per heavy atom. The van der Waals surface area contributed by atoms with E-state index in [-0.39, 0.29) is 0 Å². The summed E-state index contributed by atoms with van der Waals surface area (Å²) < 4.78 is 9.24. The second kappa shape index (κ2) is 5.27. The molecule has 0 saturated heterocycles. The summed E-state index contributed by atoms with van der Waals surface area (Å²) >= 11 is 1.40.